The van der Waals surface area contributed by atoms with Crippen LogP contribution in [0.15, 0.2) is 0 Å². The van der Waals surface area contributed by atoms with Crippen LogP contribution in [0.5, 0.6) is 0 Å². The van der Waals surface area contributed by atoms with Gasteiger partial charge in [-0.2, -0.15) is 0 Å². The zero-order valence-corrected chi connectivity index (χ0v) is 9.25. The molecule has 1 aliphatic heterocycles. The first-order valence-corrected chi connectivity index (χ1v) is 5.08. The Morgan fingerprint density at radius 2 is 2.53 bits per heavy atom. The van der Waals surface area contributed by atoms with Gasteiger partial charge in [0.15, 0.2) is 0 Å². The molecule has 1 fully saturated rings. The van der Waals surface area contributed by atoms with Gasteiger partial charge >= 0.3 is 0 Å². The predicted octanol–water partition coefficient (Wildman–Crippen LogP) is -0.122. The quantitative estimate of drug-likeness (QED) is 0.638. The molecule has 1 heterocycles. The van der Waals surface area contributed by atoms with Gasteiger partial charge in [-0.1, -0.05) is 0 Å². The van der Waals surface area contributed by atoms with Crippen molar-refractivity contribution in [3.05, 3.63) is 0 Å². The van der Waals surface area contributed by atoms with Crippen LogP contribution in [0.25, 0.3) is 0 Å². The number of amides is 1. The molecule has 0 aromatic rings. The number of carbonyl (C=O) groups is 1. The van der Waals surface area contributed by atoms with E-state index in [0.29, 0.717) is 19.6 Å². The van der Waals surface area contributed by atoms with Crippen LogP contribution in [0, 0.1) is 17.8 Å². The van der Waals surface area contributed by atoms with Crippen molar-refractivity contribution in [2.45, 2.75) is 32.4 Å². The maximum atomic E-state index is 11.9. The van der Waals surface area contributed by atoms with Crippen molar-refractivity contribution < 1.29 is 9.53 Å². The Kier molecular flexibility index (Phi) is 3.72. The molecule has 15 heavy (non-hydrogen) atoms. The molecular weight excluding hydrogens is 192 g/mol. The number of hydrogen-bond donors (Lipinski definition) is 2. The minimum absolute atomic E-state index is 0.0212. The molecule has 3 unspecified atom stereocenters. The minimum Gasteiger partial charge on any atom is -0.379 e. The summed E-state index contributed by atoms with van der Waals surface area (Å²) in [5, 5.41) is 2.85. The van der Waals surface area contributed by atoms with Crippen LogP contribution in [0.4, 0.5) is 0 Å². The summed E-state index contributed by atoms with van der Waals surface area (Å²) in [6.07, 6.45) is 5.69. The highest BCUT2D eigenvalue weighted by molar-refractivity contribution is 5.83. The molecule has 1 rings (SSSR count). The summed E-state index contributed by atoms with van der Waals surface area (Å²) in [5.74, 6) is 2.44. The van der Waals surface area contributed by atoms with E-state index in [-0.39, 0.29) is 18.0 Å². The van der Waals surface area contributed by atoms with E-state index in [1.165, 1.54) is 0 Å². The number of hydrogen-bond acceptors (Lipinski definition) is 3. The standard InChI is InChI=1S/C11H18N2O2/c1-4-5-8(2)13-10(14)11(3)7-15-6-9(11)12/h1,8-9H,5-7,12H2,2-3H3,(H,13,14). The van der Waals surface area contributed by atoms with Crippen molar-refractivity contribution in [3.8, 4) is 12.3 Å². The Labute approximate surface area is 90.5 Å². The van der Waals surface area contributed by atoms with Gasteiger partial charge < -0.3 is 15.8 Å². The lowest BCUT2D eigenvalue weighted by atomic mass is 9.84. The van der Waals surface area contributed by atoms with Gasteiger partial charge in [0, 0.05) is 18.5 Å². The van der Waals surface area contributed by atoms with Crippen molar-refractivity contribution in [2.75, 3.05) is 13.2 Å². The second kappa shape index (κ2) is 4.65. The van der Waals surface area contributed by atoms with Crippen LogP contribution in [0.1, 0.15) is 20.3 Å². The van der Waals surface area contributed by atoms with Gasteiger partial charge in [0.05, 0.1) is 18.6 Å². The number of rotatable bonds is 3. The summed E-state index contributed by atoms with van der Waals surface area (Å²) < 4.78 is 5.21. The van der Waals surface area contributed by atoms with E-state index in [9.17, 15) is 4.79 Å². The lowest BCUT2D eigenvalue weighted by Crippen LogP contribution is -2.51. The van der Waals surface area contributed by atoms with Crippen molar-refractivity contribution >= 4 is 5.91 Å². The van der Waals surface area contributed by atoms with Crippen LogP contribution >= 0.6 is 0 Å². The number of carbonyl (C=O) groups excluding carboxylic acids is 1. The molecule has 1 amide bonds. The molecule has 3 atom stereocenters. The largest absolute Gasteiger partial charge is 0.379 e. The molecule has 4 heteroatoms. The van der Waals surface area contributed by atoms with Crippen molar-refractivity contribution in [2.24, 2.45) is 11.1 Å². The molecule has 0 spiro atoms. The van der Waals surface area contributed by atoms with Gasteiger partial charge in [-0.25, -0.2) is 0 Å². The molecule has 0 bridgehead atoms. The van der Waals surface area contributed by atoms with Crippen molar-refractivity contribution in [3.63, 3.8) is 0 Å². The van der Waals surface area contributed by atoms with Crippen LogP contribution in [-0.4, -0.2) is 31.2 Å². The first-order chi connectivity index (χ1) is 7.00. The zero-order chi connectivity index (χ0) is 11.5. The van der Waals surface area contributed by atoms with E-state index >= 15 is 0 Å². The van der Waals surface area contributed by atoms with Gasteiger partial charge in [-0.15, -0.1) is 12.3 Å². The van der Waals surface area contributed by atoms with Gasteiger partial charge in [0.25, 0.3) is 0 Å². The van der Waals surface area contributed by atoms with Crippen molar-refractivity contribution in [1.82, 2.24) is 5.32 Å². The fourth-order valence-corrected chi connectivity index (χ4v) is 1.54. The molecule has 0 saturated carbocycles. The maximum Gasteiger partial charge on any atom is 0.230 e. The Morgan fingerprint density at radius 3 is 3.00 bits per heavy atom. The summed E-state index contributed by atoms with van der Waals surface area (Å²) in [6.45, 7) is 4.52. The Bertz CT molecular complexity index is 285. The molecule has 1 aliphatic rings. The third-order valence-corrected chi connectivity index (χ3v) is 2.84. The van der Waals surface area contributed by atoms with E-state index < -0.39 is 5.41 Å². The van der Waals surface area contributed by atoms with Crippen LogP contribution in [0.2, 0.25) is 0 Å². The van der Waals surface area contributed by atoms with Gasteiger partial charge in [-0.3, -0.25) is 4.79 Å². The molecule has 0 radical (unpaired) electrons. The summed E-state index contributed by atoms with van der Waals surface area (Å²) in [5.41, 5.74) is 5.22. The second-order valence-electron chi connectivity index (χ2n) is 4.32. The monoisotopic (exact) mass is 210 g/mol. The van der Waals surface area contributed by atoms with E-state index in [1.807, 2.05) is 13.8 Å². The zero-order valence-electron chi connectivity index (χ0n) is 9.25. The van der Waals surface area contributed by atoms with E-state index in [0.717, 1.165) is 0 Å². The molecule has 4 nitrogen and oxygen atoms in total. The molecule has 3 N–H and O–H groups in total. The molecule has 0 aliphatic carbocycles. The van der Waals surface area contributed by atoms with Gasteiger partial charge in [0.2, 0.25) is 5.91 Å². The van der Waals surface area contributed by atoms with E-state index in [2.05, 4.69) is 11.2 Å². The van der Waals surface area contributed by atoms with E-state index in [4.69, 9.17) is 16.9 Å². The average Bonchev–Trinajstić information content (AvgIpc) is 2.48. The fourth-order valence-electron chi connectivity index (χ4n) is 1.54. The summed E-state index contributed by atoms with van der Waals surface area (Å²) >= 11 is 0. The van der Waals surface area contributed by atoms with Gasteiger partial charge in [-0.05, 0) is 13.8 Å². The average molecular weight is 210 g/mol. The van der Waals surface area contributed by atoms with Crippen LogP contribution < -0.4 is 11.1 Å². The molecule has 1 saturated heterocycles. The second-order valence-corrected chi connectivity index (χ2v) is 4.32. The number of nitrogens with two attached hydrogens (primary N) is 1. The first-order valence-electron chi connectivity index (χ1n) is 5.08. The Balaban J connectivity index is 2.57. The molecule has 0 aromatic heterocycles. The predicted molar refractivity (Wildman–Crippen MR) is 58.0 cm³/mol. The topological polar surface area (TPSA) is 64.3 Å². The van der Waals surface area contributed by atoms with Crippen LogP contribution in [0.3, 0.4) is 0 Å². The third kappa shape index (κ3) is 2.49. The highest BCUT2D eigenvalue weighted by atomic mass is 16.5. The molecular formula is C11H18N2O2. The highest BCUT2D eigenvalue weighted by Crippen LogP contribution is 2.27. The summed E-state index contributed by atoms with van der Waals surface area (Å²) in [4.78, 5) is 11.9. The lowest BCUT2D eigenvalue weighted by molar-refractivity contribution is -0.131. The van der Waals surface area contributed by atoms with E-state index in [1.54, 1.807) is 0 Å². The number of nitrogens with one attached hydrogen (secondary N) is 1. The van der Waals surface area contributed by atoms with Gasteiger partial charge in [0.1, 0.15) is 0 Å². The number of ether oxygens (including phenoxy) is 1. The number of terminal acetylenes is 1. The van der Waals surface area contributed by atoms with Crippen LogP contribution in [-0.2, 0) is 9.53 Å². The minimum atomic E-state index is -0.622. The SMILES string of the molecule is C#CCC(C)NC(=O)C1(C)COCC1N. The van der Waals surface area contributed by atoms with Crippen molar-refractivity contribution in [1.29, 1.82) is 0 Å². The fraction of sp³-hybridized carbons (Fsp3) is 0.727. The summed E-state index contributed by atoms with van der Waals surface area (Å²) in [7, 11) is 0. The lowest BCUT2D eigenvalue weighted by Gasteiger charge is -2.27. The summed E-state index contributed by atoms with van der Waals surface area (Å²) in [6, 6.07) is -0.261. The smallest absolute Gasteiger partial charge is 0.230 e. The molecule has 84 valence electrons. The first kappa shape index (κ1) is 12.0. The molecule has 0 aromatic carbocycles. The maximum absolute atomic E-state index is 11.9. The Morgan fingerprint density at radius 1 is 1.87 bits per heavy atom. The Hall–Kier alpha value is -1.05. The highest BCUT2D eigenvalue weighted by Gasteiger charge is 2.44. The normalized spacial score (nSPS) is 32.0. The third-order valence-electron chi connectivity index (χ3n) is 2.84.